The van der Waals surface area contributed by atoms with E-state index in [-0.39, 0.29) is 32.8 Å². The molecule has 1 unspecified atom stereocenters. The molecule has 1 aliphatic heterocycles. The maximum Gasteiger partial charge on any atom is 0.341 e. The van der Waals surface area contributed by atoms with Crippen LogP contribution in [0.3, 0.4) is 0 Å². The minimum atomic E-state index is -0.970. The highest BCUT2D eigenvalue weighted by molar-refractivity contribution is 8.04. The van der Waals surface area contributed by atoms with Crippen LogP contribution in [0, 0.1) is 13.8 Å². The van der Waals surface area contributed by atoms with Gasteiger partial charge in [-0.1, -0.05) is 18.2 Å². The van der Waals surface area contributed by atoms with Crippen molar-refractivity contribution in [2.24, 2.45) is 10.2 Å². The maximum atomic E-state index is 13.1. The van der Waals surface area contributed by atoms with E-state index in [2.05, 4.69) is 21.4 Å². The number of carboxylic acid groups (broad SMARTS) is 1. The van der Waals surface area contributed by atoms with Crippen LogP contribution in [-0.4, -0.2) is 26.0 Å². The molecule has 3 N–H and O–H groups in total. The third-order valence-electron chi connectivity index (χ3n) is 6.25. The van der Waals surface area contributed by atoms with Gasteiger partial charge in [0, 0.05) is 10.8 Å². The zero-order valence-corrected chi connectivity index (χ0v) is 19.6. The molecule has 1 atom stereocenters. The third-order valence-corrected chi connectivity index (χ3v) is 7.57. The number of phenolic OH excluding ortho intramolecular Hbond substituents is 1. The molecular formula is C25H24N4O4S. The Hall–Kier alpha value is -3.59. The van der Waals surface area contributed by atoms with Crippen LogP contribution in [0.25, 0.3) is 5.69 Å². The fourth-order valence-corrected chi connectivity index (χ4v) is 5.64. The second kappa shape index (κ2) is 8.64. The normalized spacial score (nSPS) is 17.4. The molecule has 2 aromatic carbocycles. The second-order valence-electron chi connectivity index (χ2n) is 8.67. The Balaban J connectivity index is 1.46. The summed E-state index contributed by atoms with van der Waals surface area (Å²) < 4.78 is 1.47. The van der Waals surface area contributed by atoms with E-state index in [1.54, 1.807) is 19.1 Å². The predicted molar refractivity (Wildman–Crippen MR) is 131 cm³/mol. The van der Waals surface area contributed by atoms with Gasteiger partial charge < -0.3 is 10.2 Å². The first-order chi connectivity index (χ1) is 16.3. The van der Waals surface area contributed by atoms with Crippen molar-refractivity contribution in [1.29, 1.82) is 0 Å². The number of benzene rings is 2. The summed E-state index contributed by atoms with van der Waals surface area (Å²) >= 11 is 1.20. The number of thioether (sulfide) groups is 1. The molecule has 0 radical (unpaired) electrons. The van der Waals surface area contributed by atoms with Gasteiger partial charge in [0.05, 0.1) is 16.3 Å². The van der Waals surface area contributed by atoms with Crippen LogP contribution >= 0.6 is 11.8 Å². The molecule has 2 heterocycles. The van der Waals surface area contributed by atoms with Gasteiger partial charge in [-0.3, -0.25) is 9.89 Å². The van der Waals surface area contributed by atoms with Crippen molar-refractivity contribution in [3.63, 3.8) is 0 Å². The van der Waals surface area contributed by atoms with E-state index in [0.717, 1.165) is 30.5 Å². The minimum absolute atomic E-state index is 0.0565. The first-order valence-corrected chi connectivity index (χ1v) is 12.0. The lowest BCUT2D eigenvalue weighted by atomic mass is 10.0. The highest BCUT2D eigenvalue weighted by Gasteiger charge is 2.27. The Bertz CT molecular complexity index is 1430. The Labute approximate surface area is 200 Å². The summed E-state index contributed by atoms with van der Waals surface area (Å²) in [7, 11) is 0. The molecule has 0 bridgehead atoms. The molecule has 0 saturated heterocycles. The average Bonchev–Trinajstić information content (AvgIpc) is 3.53. The molecule has 174 valence electrons. The molecular weight excluding hydrogens is 452 g/mol. The van der Waals surface area contributed by atoms with Crippen LogP contribution in [0.1, 0.15) is 46.0 Å². The first-order valence-electron chi connectivity index (χ1n) is 11.1. The molecule has 0 amide bonds. The van der Waals surface area contributed by atoms with Gasteiger partial charge in [0.25, 0.3) is 5.56 Å². The van der Waals surface area contributed by atoms with E-state index in [4.69, 9.17) is 0 Å². The second-order valence-corrected chi connectivity index (χ2v) is 9.91. The van der Waals surface area contributed by atoms with Crippen molar-refractivity contribution >= 4 is 29.1 Å². The largest absolute Gasteiger partial charge is 0.505 e. The van der Waals surface area contributed by atoms with Gasteiger partial charge in [0.1, 0.15) is 11.4 Å². The van der Waals surface area contributed by atoms with Gasteiger partial charge in [0.2, 0.25) is 0 Å². The fraction of sp³-hybridized carbons (Fsp3) is 0.280. The Morgan fingerprint density at radius 2 is 1.94 bits per heavy atom. The summed E-state index contributed by atoms with van der Waals surface area (Å²) in [5.74, 6) is -1.03. The lowest BCUT2D eigenvalue weighted by Crippen LogP contribution is -2.14. The number of nitrogens with zero attached hydrogens (tertiary/aromatic N) is 3. The lowest BCUT2D eigenvalue weighted by Gasteiger charge is -2.14. The van der Waals surface area contributed by atoms with Gasteiger partial charge in [-0.15, -0.1) is 22.0 Å². The van der Waals surface area contributed by atoms with Crippen molar-refractivity contribution in [2.45, 2.75) is 44.8 Å². The molecule has 1 aliphatic carbocycles. The van der Waals surface area contributed by atoms with E-state index in [1.807, 2.05) is 25.1 Å². The average molecular weight is 477 g/mol. The summed E-state index contributed by atoms with van der Waals surface area (Å²) in [5.41, 5.74) is 5.49. The van der Waals surface area contributed by atoms with Crippen LogP contribution < -0.4 is 5.56 Å². The number of hydrogen-bond acceptors (Lipinski definition) is 6. The highest BCUT2D eigenvalue weighted by Crippen LogP contribution is 2.49. The smallest absolute Gasteiger partial charge is 0.341 e. The number of rotatable bonds is 5. The molecule has 34 heavy (non-hydrogen) atoms. The number of nitrogens with one attached hydrogen (secondary N) is 1. The SMILES string of the molecule is Cc1cc(N=Nc2c(C)[nH]n(-c3ccc4c(c3)CCC4)c2=O)c(O)c(C2CC=C(C(=O)O)S2)c1. The Morgan fingerprint density at radius 1 is 1.15 bits per heavy atom. The van der Waals surface area contributed by atoms with Gasteiger partial charge in [-0.05, 0) is 74.4 Å². The molecule has 8 nitrogen and oxygen atoms in total. The van der Waals surface area contributed by atoms with Crippen molar-refractivity contribution in [1.82, 2.24) is 9.78 Å². The van der Waals surface area contributed by atoms with Crippen LogP contribution in [-0.2, 0) is 17.6 Å². The monoisotopic (exact) mass is 476 g/mol. The predicted octanol–water partition coefficient (Wildman–Crippen LogP) is 5.54. The standard InChI is InChI=1S/C25H24N4O4S/c1-13-10-18(20-8-9-21(34-20)25(32)33)23(30)19(11-13)26-27-22-14(2)28-29(24(22)31)17-7-6-15-4-3-5-16(15)12-17/h6-7,9-12,20,28,30H,3-5,8H2,1-2H3,(H,32,33). The topological polar surface area (TPSA) is 120 Å². The number of allylic oxidation sites excluding steroid dienone is 1. The van der Waals surface area contributed by atoms with E-state index >= 15 is 0 Å². The molecule has 0 fully saturated rings. The van der Waals surface area contributed by atoms with Crippen LogP contribution in [0.2, 0.25) is 0 Å². The molecule has 9 heteroatoms. The number of aliphatic carboxylic acids is 1. The summed E-state index contributed by atoms with van der Waals surface area (Å²) in [4.78, 5) is 24.6. The molecule has 0 spiro atoms. The van der Waals surface area contributed by atoms with Crippen LogP contribution in [0.5, 0.6) is 5.75 Å². The molecule has 1 aromatic heterocycles. The van der Waals surface area contributed by atoms with Gasteiger partial charge in [0.15, 0.2) is 5.69 Å². The van der Waals surface area contributed by atoms with E-state index in [1.165, 1.54) is 27.6 Å². The number of H-pyrrole nitrogens is 1. The molecule has 0 saturated carbocycles. The summed E-state index contributed by atoms with van der Waals surface area (Å²) in [6.45, 7) is 3.63. The molecule has 2 aliphatic rings. The van der Waals surface area contributed by atoms with E-state index in [9.17, 15) is 19.8 Å². The van der Waals surface area contributed by atoms with Gasteiger partial charge in [-0.25, -0.2) is 9.48 Å². The number of azo groups is 1. The number of aromatic hydroxyl groups is 1. The summed E-state index contributed by atoms with van der Waals surface area (Å²) in [5, 5.41) is 31.4. The number of phenols is 1. The quantitative estimate of drug-likeness (QED) is 0.418. The van der Waals surface area contributed by atoms with Crippen LogP contribution in [0.4, 0.5) is 11.4 Å². The van der Waals surface area contributed by atoms with Gasteiger partial charge >= 0.3 is 5.97 Å². The van der Waals surface area contributed by atoms with Crippen molar-refractivity contribution in [3.05, 3.63) is 79.6 Å². The van der Waals surface area contributed by atoms with Crippen molar-refractivity contribution in [3.8, 4) is 11.4 Å². The Kier molecular flexibility index (Phi) is 5.65. The van der Waals surface area contributed by atoms with Crippen molar-refractivity contribution in [2.75, 3.05) is 0 Å². The number of aromatic amines is 1. The number of aryl methyl sites for hydroxylation is 4. The zero-order chi connectivity index (χ0) is 24.0. The van der Waals surface area contributed by atoms with E-state index < -0.39 is 5.97 Å². The number of fused-ring (bicyclic) bond motifs is 1. The summed E-state index contributed by atoms with van der Waals surface area (Å²) in [6, 6.07) is 9.55. The zero-order valence-electron chi connectivity index (χ0n) is 18.8. The maximum absolute atomic E-state index is 13.1. The number of carbonyl (C=O) groups is 1. The fourth-order valence-electron chi connectivity index (χ4n) is 4.54. The lowest BCUT2D eigenvalue weighted by molar-refractivity contribution is -0.131. The van der Waals surface area contributed by atoms with Gasteiger partial charge in [-0.2, -0.15) is 0 Å². The summed E-state index contributed by atoms with van der Waals surface area (Å²) in [6.07, 6.45) is 5.38. The third kappa shape index (κ3) is 3.96. The first kappa shape index (κ1) is 22.2. The number of carboxylic acids is 1. The molecule has 5 rings (SSSR count). The Morgan fingerprint density at radius 3 is 2.71 bits per heavy atom. The van der Waals surface area contributed by atoms with E-state index in [0.29, 0.717) is 17.7 Å². The number of hydrogen-bond donors (Lipinski definition) is 3. The molecule has 3 aromatic rings. The number of aromatic nitrogens is 2. The highest BCUT2D eigenvalue weighted by atomic mass is 32.2. The van der Waals surface area contributed by atoms with Crippen LogP contribution in [0.15, 0.2) is 56.3 Å². The minimum Gasteiger partial charge on any atom is -0.505 e. The van der Waals surface area contributed by atoms with Crippen molar-refractivity contribution < 1.29 is 15.0 Å².